The second kappa shape index (κ2) is 7.04. The van der Waals surface area contributed by atoms with Crippen molar-refractivity contribution in [3.8, 4) is 0 Å². The van der Waals surface area contributed by atoms with Crippen molar-refractivity contribution in [3.05, 3.63) is 70.8 Å². The van der Waals surface area contributed by atoms with Gasteiger partial charge in [0.05, 0.1) is 0 Å². The Bertz CT molecular complexity index is 608. The van der Waals surface area contributed by atoms with Crippen molar-refractivity contribution >= 4 is 5.97 Å². The Morgan fingerprint density at radius 1 is 1.14 bits per heavy atom. The van der Waals surface area contributed by atoms with Crippen LogP contribution in [0, 0.1) is 13.8 Å². The van der Waals surface area contributed by atoms with Crippen LogP contribution in [-0.4, -0.2) is 17.1 Å². The molecular formula is C18H21NO2. The topological polar surface area (TPSA) is 49.3 Å². The maximum absolute atomic E-state index is 11.4. The van der Waals surface area contributed by atoms with Gasteiger partial charge in [-0.15, -0.1) is 0 Å². The molecule has 2 aromatic carbocycles. The molecule has 3 nitrogen and oxygen atoms in total. The fourth-order valence-corrected chi connectivity index (χ4v) is 2.37. The number of carbonyl (C=O) groups is 1. The van der Waals surface area contributed by atoms with Gasteiger partial charge in [0.1, 0.15) is 6.04 Å². The third-order valence-electron chi connectivity index (χ3n) is 3.62. The molecule has 0 aromatic heterocycles. The van der Waals surface area contributed by atoms with Crippen molar-refractivity contribution in [2.45, 2.75) is 32.9 Å². The highest BCUT2D eigenvalue weighted by atomic mass is 16.4. The van der Waals surface area contributed by atoms with Crippen LogP contribution in [0.4, 0.5) is 0 Å². The Labute approximate surface area is 125 Å². The number of nitrogens with one attached hydrogen (secondary N) is 1. The molecule has 0 aliphatic carbocycles. The first-order valence-electron chi connectivity index (χ1n) is 7.12. The van der Waals surface area contributed by atoms with E-state index in [1.165, 1.54) is 11.1 Å². The first-order chi connectivity index (χ1) is 10.1. The molecule has 3 heteroatoms. The molecule has 2 N–H and O–H groups in total. The number of hydrogen-bond acceptors (Lipinski definition) is 2. The average Bonchev–Trinajstić information content (AvgIpc) is 2.46. The summed E-state index contributed by atoms with van der Waals surface area (Å²) in [6, 6.07) is 15.3. The molecule has 0 amide bonds. The summed E-state index contributed by atoms with van der Waals surface area (Å²) >= 11 is 0. The van der Waals surface area contributed by atoms with Gasteiger partial charge in [0, 0.05) is 6.54 Å². The molecule has 21 heavy (non-hydrogen) atoms. The smallest absolute Gasteiger partial charge is 0.321 e. The van der Waals surface area contributed by atoms with E-state index >= 15 is 0 Å². The first kappa shape index (κ1) is 15.3. The number of carboxylic acid groups (broad SMARTS) is 1. The van der Waals surface area contributed by atoms with Gasteiger partial charge in [-0.2, -0.15) is 0 Å². The zero-order chi connectivity index (χ0) is 15.2. The van der Waals surface area contributed by atoms with Crippen molar-refractivity contribution < 1.29 is 9.90 Å². The number of hydrogen-bond donors (Lipinski definition) is 2. The molecule has 2 rings (SSSR count). The monoisotopic (exact) mass is 283 g/mol. The lowest BCUT2D eigenvalue weighted by atomic mass is 10.0. The lowest BCUT2D eigenvalue weighted by Gasteiger charge is -2.16. The predicted octanol–water partition coefficient (Wildman–Crippen LogP) is 3.09. The second-order valence-corrected chi connectivity index (χ2v) is 5.39. The fourth-order valence-electron chi connectivity index (χ4n) is 2.37. The van der Waals surface area contributed by atoms with Gasteiger partial charge in [-0.05, 0) is 37.0 Å². The predicted molar refractivity (Wildman–Crippen MR) is 84.3 cm³/mol. The summed E-state index contributed by atoms with van der Waals surface area (Å²) in [5.41, 5.74) is 4.57. The molecule has 0 aliphatic heterocycles. The van der Waals surface area contributed by atoms with E-state index in [4.69, 9.17) is 0 Å². The molecule has 0 radical (unpaired) electrons. The molecule has 0 unspecified atom stereocenters. The maximum atomic E-state index is 11.4. The van der Waals surface area contributed by atoms with Gasteiger partial charge in [0.2, 0.25) is 0 Å². The standard InChI is InChI=1S/C18H21NO2/c1-13-8-9-16(14(2)10-13)12-19-17(18(20)21)11-15-6-4-3-5-7-15/h3-10,17,19H,11-12H2,1-2H3,(H,20,21)/t17-/m0/s1. The summed E-state index contributed by atoms with van der Waals surface area (Å²) in [7, 11) is 0. The zero-order valence-electron chi connectivity index (χ0n) is 12.5. The number of aliphatic carboxylic acids is 1. The van der Waals surface area contributed by atoms with E-state index in [0.717, 1.165) is 11.1 Å². The summed E-state index contributed by atoms with van der Waals surface area (Å²) in [4.78, 5) is 11.4. The van der Waals surface area contributed by atoms with Crippen molar-refractivity contribution in [1.82, 2.24) is 5.32 Å². The highest BCUT2D eigenvalue weighted by Gasteiger charge is 2.17. The van der Waals surface area contributed by atoms with Gasteiger partial charge in [-0.1, -0.05) is 54.1 Å². The number of benzene rings is 2. The van der Waals surface area contributed by atoms with E-state index in [2.05, 4.69) is 37.4 Å². The van der Waals surface area contributed by atoms with E-state index in [1.807, 2.05) is 30.3 Å². The Morgan fingerprint density at radius 3 is 2.48 bits per heavy atom. The molecule has 0 fully saturated rings. The van der Waals surface area contributed by atoms with Gasteiger partial charge < -0.3 is 10.4 Å². The van der Waals surface area contributed by atoms with Crippen LogP contribution >= 0.6 is 0 Å². The Hall–Kier alpha value is -2.13. The quantitative estimate of drug-likeness (QED) is 0.856. The van der Waals surface area contributed by atoms with Crippen LogP contribution in [0.1, 0.15) is 22.3 Å². The molecule has 1 atom stereocenters. The van der Waals surface area contributed by atoms with Crippen LogP contribution in [0.5, 0.6) is 0 Å². The molecule has 0 bridgehead atoms. The average molecular weight is 283 g/mol. The van der Waals surface area contributed by atoms with Crippen LogP contribution in [0.25, 0.3) is 0 Å². The molecular weight excluding hydrogens is 262 g/mol. The van der Waals surface area contributed by atoms with Gasteiger partial charge in [-0.3, -0.25) is 4.79 Å². The highest BCUT2D eigenvalue weighted by molar-refractivity contribution is 5.73. The van der Waals surface area contributed by atoms with E-state index in [-0.39, 0.29) is 0 Å². The minimum Gasteiger partial charge on any atom is -0.480 e. The molecule has 0 aliphatic rings. The van der Waals surface area contributed by atoms with E-state index < -0.39 is 12.0 Å². The minimum atomic E-state index is -0.816. The van der Waals surface area contributed by atoms with E-state index in [9.17, 15) is 9.90 Å². The lowest BCUT2D eigenvalue weighted by molar-refractivity contribution is -0.139. The first-order valence-corrected chi connectivity index (χ1v) is 7.12. The van der Waals surface area contributed by atoms with Crippen LogP contribution in [0.2, 0.25) is 0 Å². The molecule has 2 aromatic rings. The van der Waals surface area contributed by atoms with E-state index in [1.54, 1.807) is 0 Å². The molecule has 0 spiro atoms. The van der Waals surface area contributed by atoms with Crippen LogP contribution < -0.4 is 5.32 Å². The minimum absolute atomic E-state index is 0.487. The van der Waals surface area contributed by atoms with Crippen molar-refractivity contribution in [1.29, 1.82) is 0 Å². The van der Waals surface area contributed by atoms with Crippen LogP contribution in [-0.2, 0) is 17.8 Å². The highest BCUT2D eigenvalue weighted by Crippen LogP contribution is 2.11. The Balaban J connectivity index is 2.02. The van der Waals surface area contributed by atoms with Gasteiger partial charge >= 0.3 is 5.97 Å². The van der Waals surface area contributed by atoms with Crippen molar-refractivity contribution in [2.24, 2.45) is 0 Å². The summed E-state index contributed by atoms with van der Waals surface area (Å²) in [5, 5.41) is 12.5. The van der Waals surface area contributed by atoms with Crippen LogP contribution in [0.3, 0.4) is 0 Å². The normalized spacial score (nSPS) is 12.1. The van der Waals surface area contributed by atoms with E-state index in [0.29, 0.717) is 13.0 Å². The largest absolute Gasteiger partial charge is 0.480 e. The summed E-state index contributed by atoms with van der Waals surface area (Å²) in [6.07, 6.45) is 0.487. The molecule has 0 heterocycles. The number of rotatable bonds is 6. The summed E-state index contributed by atoms with van der Waals surface area (Å²) in [5.74, 6) is -0.816. The Morgan fingerprint density at radius 2 is 1.86 bits per heavy atom. The Kier molecular flexibility index (Phi) is 5.12. The number of carboxylic acids is 1. The molecule has 110 valence electrons. The van der Waals surface area contributed by atoms with Gasteiger partial charge in [0.15, 0.2) is 0 Å². The number of aryl methyl sites for hydroxylation is 2. The SMILES string of the molecule is Cc1ccc(CN[C@@H](Cc2ccccc2)C(=O)O)c(C)c1. The van der Waals surface area contributed by atoms with Gasteiger partial charge in [0.25, 0.3) is 0 Å². The second-order valence-electron chi connectivity index (χ2n) is 5.39. The van der Waals surface area contributed by atoms with Crippen molar-refractivity contribution in [2.75, 3.05) is 0 Å². The fraction of sp³-hybridized carbons (Fsp3) is 0.278. The maximum Gasteiger partial charge on any atom is 0.321 e. The summed E-state index contributed by atoms with van der Waals surface area (Å²) in [6.45, 7) is 4.67. The third-order valence-corrected chi connectivity index (χ3v) is 3.62. The van der Waals surface area contributed by atoms with Gasteiger partial charge in [-0.25, -0.2) is 0 Å². The summed E-state index contributed by atoms with van der Waals surface area (Å²) < 4.78 is 0. The van der Waals surface area contributed by atoms with Crippen LogP contribution in [0.15, 0.2) is 48.5 Å². The lowest BCUT2D eigenvalue weighted by Crippen LogP contribution is -2.38. The molecule has 0 saturated carbocycles. The molecule has 0 saturated heterocycles. The van der Waals surface area contributed by atoms with Crippen molar-refractivity contribution in [3.63, 3.8) is 0 Å². The third kappa shape index (κ3) is 4.43. The zero-order valence-corrected chi connectivity index (χ0v) is 12.5.